The predicted octanol–water partition coefficient (Wildman–Crippen LogP) is 3.33. The first-order chi connectivity index (χ1) is 9.65. The summed E-state index contributed by atoms with van der Waals surface area (Å²) in [6.07, 6.45) is 2.69. The number of ether oxygens (including phenoxy) is 1. The molecule has 106 valence electrons. The van der Waals surface area contributed by atoms with E-state index in [4.69, 9.17) is 22.7 Å². The Balaban J connectivity index is 2.29. The van der Waals surface area contributed by atoms with E-state index in [-0.39, 0.29) is 0 Å². The minimum atomic E-state index is 0.442. The fraction of sp³-hybridized carbons (Fsp3) is 0.333. The van der Waals surface area contributed by atoms with Crippen molar-refractivity contribution in [2.75, 3.05) is 7.11 Å². The number of nitrogens with zero attached hydrogens (tertiary/aromatic N) is 1. The quantitative estimate of drug-likeness (QED) is 0.832. The molecule has 0 unspecified atom stereocenters. The molecule has 1 heterocycles. The van der Waals surface area contributed by atoms with Gasteiger partial charge in [0, 0.05) is 12.0 Å². The number of rotatable bonds is 6. The van der Waals surface area contributed by atoms with Gasteiger partial charge in [-0.2, -0.15) is 0 Å². The van der Waals surface area contributed by atoms with Gasteiger partial charge in [-0.1, -0.05) is 43.8 Å². The third-order valence-electron chi connectivity index (χ3n) is 2.99. The van der Waals surface area contributed by atoms with Crippen LogP contribution >= 0.6 is 23.6 Å². The van der Waals surface area contributed by atoms with Crippen molar-refractivity contribution in [1.82, 2.24) is 4.98 Å². The number of thiazole rings is 1. The van der Waals surface area contributed by atoms with Gasteiger partial charge >= 0.3 is 0 Å². The molecule has 0 atom stereocenters. The summed E-state index contributed by atoms with van der Waals surface area (Å²) >= 11 is 6.70. The molecule has 0 radical (unpaired) electrons. The van der Waals surface area contributed by atoms with Crippen LogP contribution in [0.4, 0.5) is 0 Å². The normalized spacial score (nSPS) is 10.5. The lowest BCUT2D eigenvalue weighted by Gasteiger charge is -2.05. The van der Waals surface area contributed by atoms with Crippen LogP contribution in [0.25, 0.3) is 0 Å². The number of thiocarbonyl (C=S) groups is 1. The summed E-state index contributed by atoms with van der Waals surface area (Å²) in [5.41, 5.74) is 7.93. The molecule has 2 aromatic rings. The van der Waals surface area contributed by atoms with Crippen LogP contribution in [0.3, 0.4) is 0 Å². The highest BCUT2D eigenvalue weighted by Crippen LogP contribution is 2.26. The third kappa shape index (κ3) is 3.35. The maximum absolute atomic E-state index is 5.78. The zero-order chi connectivity index (χ0) is 14.5. The summed E-state index contributed by atoms with van der Waals surface area (Å²) < 4.78 is 5.38. The Hall–Kier alpha value is -1.46. The highest BCUT2D eigenvalue weighted by molar-refractivity contribution is 7.81. The van der Waals surface area contributed by atoms with Crippen molar-refractivity contribution in [1.29, 1.82) is 0 Å². The largest absolute Gasteiger partial charge is 0.496 e. The second kappa shape index (κ2) is 6.81. The Kier molecular flexibility index (Phi) is 5.09. The molecule has 1 aromatic carbocycles. The summed E-state index contributed by atoms with van der Waals surface area (Å²) in [6.45, 7) is 2.13. The Bertz CT molecular complexity index is 608. The number of hydrogen-bond acceptors (Lipinski definition) is 4. The molecule has 20 heavy (non-hydrogen) atoms. The van der Waals surface area contributed by atoms with Crippen molar-refractivity contribution in [2.45, 2.75) is 26.2 Å². The van der Waals surface area contributed by atoms with E-state index in [0.29, 0.717) is 4.99 Å². The molecule has 0 amide bonds. The smallest absolute Gasteiger partial charge is 0.122 e. The molecule has 0 fully saturated rings. The number of para-hydroxylation sites is 1. The summed E-state index contributed by atoms with van der Waals surface area (Å²) in [6, 6.07) is 7.99. The molecule has 0 aliphatic heterocycles. The number of aromatic nitrogens is 1. The van der Waals surface area contributed by atoms with Crippen LogP contribution in [0.1, 0.15) is 34.5 Å². The van der Waals surface area contributed by atoms with Crippen molar-refractivity contribution in [3.05, 3.63) is 45.4 Å². The standard InChI is InChI=1S/C15H18N2OS2/c1-3-6-11-14(15(16)19)20-13(17-11)9-10-7-4-5-8-12(10)18-2/h4-5,7-8H,3,6,9H2,1-2H3,(H2,16,19). The highest BCUT2D eigenvalue weighted by atomic mass is 32.1. The summed E-state index contributed by atoms with van der Waals surface area (Å²) in [5.74, 6) is 0.886. The molecule has 2 rings (SSSR count). The van der Waals surface area contributed by atoms with E-state index in [1.165, 1.54) is 0 Å². The fourth-order valence-corrected chi connectivity index (χ4v) is 3.32. The lowest BCUT2D eigenvalue weighted by molar-refractivity contribution is 0.410. The van der Waals surface area contributed by atoms with Gasteiger partial charge in [0.1, 0.15) is 10.7 Å². The van der Waals surface area contributed by atoms with E-state index < -0.39 is 0 Å². The number of hydrogen-bond donors (Lipinski definition) is 1. The van der Waals surface area contributed by atoms with Gasteiger partial charge in [0.15, 0.2) is 0 Å². The third-order valence-corrected chi connectivity index (χ3v) is 4.45. The van der Waals surface area contributed by atoms with Crippen molar-refractivity contribution < 1.29 is 4.74 Å². The van der Waals surface area contributed by atoms with Crippen LogP contribution in [-0.4, -0.2) is 17.1 Å². The monoisotopic (exact) mass is 306 g/mol. The van der Waals surface area contributed by atoms with Crippen LogP contribution < -0.4 is 10.5 Å². The van der Waals surface area contributed by atoms with Crippen molar-refractivity contribution in [3.8, 4) is 5.75 Å². The average Bonchev–Trinajstić information content (AvgIpc) is 2.83. The average molecular weight is 306 g/mol. The van der Waals surface area contributed by atoms with Crippen molar-refractivity contribution in [2.24, 2.45) is 5.73 Å². The number of nitrogens with two attached hydrogens (primary N) is 1. The van der Waals surface area contributed by atoms with Crippen LogP contribution in [0.2, 0.25) is 0 Å². The molecule has 0 saturated heterocycles. The molecule has 2 N–H and O–H groups in total. The Morgan fingerprint density at radius 3 is 2.80 bits per heavy atom. The van der Waals surface area contributed by atoms with Gasteiger partial charge in [-0.3, -0.25) is 0 Å². The zero-order valence-electron chi connectivity index (χ0n) is 11.7. The fourth-order valence-electron chi connectivity index (χ4n) is 2.09. The molecule has 5 heteroatoms. The van der Waals surface area contributed by atoms with Gasteiger partial charge in [0.2, 0.25) is 0 Å². The van der Waals surface area contributed by atoms with Crippen molar-refractivity contribution >= 4 is 28.5 Å². The van der Waals surface area contributed by atoms with Crippen molar-refractivity contribution in [3.63, 3.8) is 0 Å². The van der Waals surface area contributed by atoms with E-state index in [1.807, 2.05) is 18.2 Å². The molecule has 0 bridgehead atoms. The van der Waals surface area contributed by atoms with Gasteiger partial charge < -0.3 is 10.5 Å². The summed E-state index contributed by atoms with van der Waals surface area (Å²) in [5, 5.41) is 1.03. The van der Waals surface area contributed by atoms with Gasteiger partial charge in [0.25, 0.3) is 0 Å². The van der Waals surface area contributed by atoms with Crippen LogP contribution in [-0.2, 0) is 12.8 Å². The van der Waals surface area contributed by atoms with Crippen LogP contribution in [0.5, 0.6) is 5.75 Å². The minimum absolute atomic E-state index is 0.442. The number of methoxy groups -OCH3 is 1. The summed E-state index contributed by atoms with van der Waals surface area (Å²) in [7, 11) is 1.68. The van der Waals surface area contributed by atoms with E-state index in [2.05, 4.69) is 18.0 Å². The van der Waals surface area contributed by atoms with E-state index >= 15 is 0 Å². The molecular weight excluding hydrogens is 288 g/mol. The molecule has 0 aliphatic rings. The lowest BCUT2D eigenvalue weighted by Crippen LogP contribution is -2.09. The van der Waals surface area contributed by atoms with Crippen LogP contribution in [0.15, 0.2) is 24.3 Å². The molecule has 0 aliphatic carbocycles. The lowest BCUT2D eigenvalue weighted by atomic mass is 10.1. The Labute approximate surface area is 128 Å². The first-order valence-electron chi connectivity index (χ1n) is 6.56. The molecule has 0 saturated carbocycles. The Morgan fingerprint density at radius 1 is 1.40 bits per heavy atom. The summed E-state index contributed by atoms with van der Waals surface area (Å²) in [4.78, 5) is 6.08. The van der Waals surface area contributed by atoms with E-state index in [0.717, 1.165) is 46.2 Å². The Morgan fingerprint density at radius 2 is 2.15 bits per heavy atom. The second-order valence-electron chi connectivity index (χ2n) is 4.49. The second-order valence-corrected chi connectivity index (χ2v) is 6.01. The minimum Gasteiger partial charge on any atom is -0.496 e. The molecule has 1 aromatic heterocycles. The number of aryl methyl sites for hydroxylation is 1. The molecule has 3 nitrogen and oxygen atoms in total. The zero-order valence-corrected chi connectivity index (χ0v) is 13.3. The SMILES string of the molecule is CCCc1nc(Cc2ccccc2OC)sc1C(N)=S. The topological polar surface area (TPSA) is 48.1 Å². The van der Waals surface area contributed by atoms with E-state index in [9.17, 15) is 0 Å². The maximum atomic E-state index is 5.78. The van der Waals surface area contributed by atoms with Gasteiger partial charge in [-0.25, -0.2) is 4.98 Å². The van der Waals surface area contributed by atoms with Gasteiger partial charge in [0.05, 0.1) is 22.7 Å². The predicted molar refractivity (Wildman–Crippen MR) is 87.8 cm³/mol. The highest BCUT2D eigenvalue weighted by Gasteiger charge is 2.14. The maximum Gasteiger partial charge on any atom is 0.122 e. The molecular formula is C15H18N2OS2. The molecule has 0 spiro atoms. The van der Waals surface area contributed by atoms with Gasteiger partial charge in [-0.05, 0) is 12.5 Å². The van der Waals surface area contributed by atoms with Crippen LogP contribution in [0, 0.1) is 0 Å². The first-order valence-corrected chi connectivity index (χ1v) is 7.78. The van der Waals surface area contributed by atoms with E-state index in [1.54, 1.807) is 18.4 Å². The first kappa shape index (κ1) is 14.9. The number of benzene rings is 1. The van der Waals surface area contributed by atoms with Gasteiger partial charge in [-0.15, -0.1) is 11.3 Å².